The zero-order valence-corrected chi connectivity index (χ0v) is 13.6. The van der Waals surface area contributed by atoms with Gasteiger partial charge >= 0.3 is 5.97 Å². The molecule has 0 radical (unpaired) electrons. The number of rotatable bonds is 6. The van der Waals surface area contributed by atoms with Gasteiger partial charge < -0.3 is 15.4 Å². The van der Waals surface area contributed by atoms with Crippen molar-refractivity contribution in [1.29, 1.82) is 0 Å². The summed E-state index contributed by atoms with van der Waals surface area (Å²) in [4.78, 5) is 35.3. The van der Waals surface area contributed by atoms with Crippen LogP contribution in [0.1, 0.15) is 30.6 Å². The second-order valence-electron chi connectivity index (χ2n) is 6.15. The summed E-state index contributed by atoms with van der Waals surface area (Å²) in [5, 5.41) is 5.62. The highest BCUT2D eigenvalue weighted by Gasteiger charge is 2.47. The molecule has 1 saturated carbocycles. The maximum absolute atomic E-state index is 12.1. The van der Waals surface area contributed by atoms with Gasteiger partial charge in [-0.15, -0.1) is 0 Å². The van der Waals surface area contributed by atoms with Gasteiger partial charge in [0.2, 0.25) is 11.8 Å². The van der Waals surface area contributed by atoms with Gasteiger partial charge in [0.15, 0.2) is 0 Å². The van der Waals surface area contributed by atoms with E-state index in [1.54, 1.807) is 24.3 Å². The number of hydrogen-bond acceptors (Lipinski definition) is 4. The molecule has 0 bridgehead atoms. The molecule has 2 unspecified atom stereocenters. The average Bonchev–Trinajstić information content (AvgIpc) is 3.33. The number of methoxy groups -OCH3 is 1. The fraction of sp³-hybridized carbons (Fsp3) is 0.471. The Morgan fingerprint density at radius 1 is 1.13 bits per heavy atom. The van der Waals surface area contributed by atoms with Crippen LogP contribution < -0.4 is 10.6 Å². The molecule has 1 aromatic carbocycles. The summed E-state index contributed by atoms with van der Waals surface area (Å²) in [5.41, 5.74) is 1.01. The van der Waals surface area contributed by atoms with Crippen molar-refractivity contribution in [2.45, 2.75) is 20.3 Å². The molecule has 2 amide bonds. The van der Waals surface area contributed by atoms with Gasteiger partial charge in [-0.05, 0) is 36.6 Å². The van der Waals surface area contributed by atoms with Gasteiger partial charge in [0.1, 0.15) is 0 Å². The Morgan fingerprint density at radius 2 is 1.74 bits per heavy atom. The number of esters is 1. The third-order valence-electron chi connectivity index (χ3n) is 3.72. The first-order chi connectivity index (χ1) is 10.9. The van der Waals surface area contributed by atoms with Crippen molar-refractivity contribution in [3.05, 3.63) is 29.8 Å². The Bertz CT molecular complexity index is 595. The molecule has 2 N–H and O–H groups in total. The average molecular weight is 318 g/mol. The molecule has 1 fully saturated rings. The van der Waals surface area contributed by atoms with Gasteiger partial charge in [-0.2, -0.15) is 0 Å². The van der Waals surface area contributed by atoms with E-state index >= 15 is 0 Å². The SMILES string of the molecule is COC(=O)c1ccc(NC(=O)C2CC2C(=O)NCC(C)C)cc1. The maximum atomic E-state index is 12.1. The standard InChI is InChI=1S/C17H22N2O4/c1-10(2)9-18-15(20)13-8-14(13)16(21)19-12-6-4-11(5-7-12)17(22)23-3/h4-7,10,13-14H,8-9H2,1-3H3,(H,18,20)(H,19,21). The minimum Gasteiger partial charge on any atom is -0.465 e. The molecular formula is C17H22N2O4. The Morgan fingerprint density at radius 3 is 2.30 bits per heavy atom. The molecule has 0 aromatic heterocycles. The molecule has 6 heteroatoms. The zero-order chi connectivity index (χ0) is 17.0. The molecule has 6 nitrogen and oxygen atoms in total. The number of carbonyl (C=O) groups is 3. The number of benzene rings is 1. The van der Waals surface area contributed by atoms with E-state index < -0.39 is 5.97 Å². The van der Waals surface area contributed by atoms with E-state index in [1.807, 2.05) is 13.8 Å². The number of anilines is 1. The van der Waals surface area contributed by atoms with Crippen LogP contribution in [0, 0.1) is 17.8 Å². The fourth-order valence-electron chi connectivity index (χ4n) is 2.25. The highest BCUT2D eigenvalue weighted by molar-refractivity contribution is 5.99. The Hall–Kier alpha value is -2.37. The van der Waals surface area contributed by atoms with Crippen LogP contribution in [-0.2, 0) is 14.3 Å². The minimum atomic E-state index is -0.424. The quantitative estimate of drug-likeness (QED) is 0.784. The topological polar surface area (TPSA) is 84.5 Å². The van der Waals surface area contributed by atoms with Crippen LogP contribution in [0.5, 0.6) is 0 Å². The molecular weight excluding hydrogens is 296 g/mol. The van der Waals surface area contributed by atoms with Crippen LogP contribution in [0.2, 0.25) is 0 Å². The Balaban J connectivity index is 1.84. The lowest BCUT2D eigenvalue weighted by atomic mass is 10.2. The molecule has 2 rings (SSSR count). The van der Waals surface area contributed by atoms with E-state index in [4.69, 9.17) is 0 Å². The third-order valence-corrected chi connectivity index (χ3v) is 3.72. The first-order valence-electron chi connectivity index (χ1n) is 7.69. The van der Waals surface area contributed by atoms with E-state index in [2.05, 4.69) is 15.4 Å². The van der Waals surface area contributed by atoms with Crippen LogP contribution in [0.25, 0.3) is 0 Å². The summed E-state index contributed by atoms with van der Waals surface area (Å²) in [7, 11) is 1.32. The number of amides is 2. The normalized spacial score (nSPS) is 19.1. The van der Waals surface area contributed by atoms with Gasteiger partial charge in [0, 0.05) is 12.2 Å². The van der Waals surface area contributed by atoms with Gasteiger partial charge in [0.05, 0.1) is 24.5 Å². The first-order valence-corrected chi connectivity index (χ1v) is 7.69. The highest BCUT2D eigenvalue weighted by Crippen LogP contribution is 2.39. The summed E-state index contributed by atoms with van der Waals surface area (Å²) < 4.78 is 4.61. The van der Waals surface area contributed by atoms with E-state index in [9.17, 15) is 14.4 Å². The number of hydrogen-bond donors (Lipinski definition) is 2. The monoisotopic (exact) mass is 318 g/mol. The molecule has 0 spiro atoms. The maximum Gasteiger partial charge on any atom is 0.337 e. The number of ether oxygens (including phenoxy) is 1. The highest BCUT2D eigenvalue weighted by atomic mass is 16.5. The molecule has 0 aliphatic heterocycles. The lowest BCUT2D eigenvalue weighted by Crippen LogP contribution is -2.30. The van der Waals surface area contributed by atoms with Crippen LogP contribution in [0.4, 0.5) is 5.69 Å². The summed E-state index contributed by atoms with van der Waals surface area (Å²) >= 11 is 0. The molecule has 1 aliphatic carbocycles. The summed E-state index contributed by atoms with van der Waals surface area (Å²) in [6.07, 6.45) is 0.579. The second-order valence-corrected chi connectivity index (χ2v) is 6.15. The van der Waals surface area contributed by atoms with E-state index in [1.165, 1.54) is 7.11 Å². The molecule has 1 aromatic rings. The lowest BCUT2D eigenvalue weighted by Gasteiger charge is -2.08. The van der Waals surface area contributed by atoms with Crippen molar-refractivity contribution in [2.75, 3.05) is 19.0 Å². The third kappa shape index (κ3) is 4.55. The Kier molecular flexibility index (Phi) is 5.36. The van der Waals surface area contributed by atoms with E-state index in [0.717, 1.165) is 0 Å². The summed E-state index contributed by atoms with van der Waals surface area (Å²) in [5.74, 6) is -0.767. The molecule has 1 aliphatic rings. The lowest BCUT2D eigenvalue weighted by molar-refractivity contribution is -0.125. The summed E-state index contributed by atoms with van der Waals surface area (Å²) in [6.45, 7) is 4.67. The molecule has 124 valence electrons. The Labute approximate surface area is 135 Å². The van der Waals surface area contributed by atoms with Crippen LogP contribution in [-0.4, -0.2) is 31.4 Å². The molecule has 0 heterocycles. The van der Waals surface area contributed by atoms with E-state index in [0.29, 0.717) is 30.1 Å². The van der Waals surface area contributed by atoms with Crippen molar-refractivity contribution in [3.63, 3.8) is 0 Å². The molecule has 23 heavy (non-hydrogen) atoms. The largest absolute Gasteiger partial charge is 0.465 e. The van der Waals surface area contributed by atoms with Gasteiger partial charge in [-0.3, -0.25) is 9.59 Å². The zero-order valence-electron chi connectivity index (χ0n) is 13.6. The second kappa shape index (κ2) is 7.26. The van der Waals surface area contributed by atoms with Crippen LogP contribution in [0.15, 0.2) is 24.3 Å². The predicted molar refractivity (Wildman–Crippen MR) is 85.9 cm³/mol. The van der Waals surface area contributed by atoms with Gasteiger partial charge in [0.25, 0.3) is 0 Å². The first kappa shape index (κ1) is 17.0. The van der Waals surface area contributed by atoms with Gasteiger partial charge in [-0.1, -0.05) is 13.8 Å². The predicted octanol–water partition coefficient (Wildman–Crippen LogP) is 1.82. The van der Waals surface area contributed by atoms with Crippen molar-refractivity contribution < 1.29 is 19.1 Å². The summed E-state index contributed by atoms with van der Waals surface area (Å²) in [6, 6.07) is 6.45. The van der Waals surface area contributed by atoms with Crippen LogP contribution in [0.3, 0.4) is 0 Å². The van der Waals surface area contributed by atoms with Crippen molar-refractivity contribution >= 4 is 23.5 Å². The van der Waals surface area contributed by atoms with Crippen molar-refractivity contribution in [1.82, 2.24) is 5.32 Å². The minimum absolute atomic E-state index is 0.0557. The molecule has 2 atom stereocenters. The van der Waals surface area contributed by atoms with Crippen LogP contribution >= 0.6 is 0 Å². The molecule has 0 saturated heterocycles. The fourth-order valence-corrected chi connectivity index (χ4v) is 2.25. The van der Waals surface area contributed by atoms with Crippen molar-refractivity contribution in [3.8, 4) is 0 Å². The smallest absolute Gasteiger partial charge is 0.337 e. The van der Waals surface area contributed by atoms with E-state index in [-0.39, 0.29) is 23.7 Å². The number of carbonyl (C=O) groups excluding carboxylic acids is 3. The number of nitrogens with one attached hydrogen (secondary N) is 2. The van der Waals surface area contributed by atoms with Gasteiger partial charge in [-0.25, -0.2) is 4.79 Å². The van der Waals surface area contributed by atoms with Crippen molar-refractivity contribution in [2.24, 2.45) is 17.8 Å².